The molecule has 0 bridgehead atoms. The summed E-state index contributed by atoms with van der Waals surface area (Å²) in [7, 11) is 0. The van der Waals surface area contributed by atoms with Crippen molar-refractivity contribution in [2.75, 3.05) is 19.8 Å². The van der Waals surface area contributed by atoms with Crippen molar-refractivity contribution >= 4 is 27.7 Å². The maximum atomic E-state index is 14.3. The van der Waals surface area contributed by atoms with Crippen LogP contribution in [0.1, 0.15) is 48.1 Å². The number of benzene rings is 3. The molecular formula is C30H31BrN2O4. The number of nitrogens with zero attached hydrogens (tertiary/aromatic N) is 2. The highest BCUT2D eigenvalue weighted by Gasteiger charge is 2.55. The molecule has 192 valence electrons. The van der Waals surface area contributed by atoms with Crippen LogP contribution < -0.4 is 4.74 Å². The van der Waals surface area contributed by atoms with Crippen LogP contribution in [0.15, 0.2) is 82.3 Å². The molecule has 0 saturated heterocycles. The minimum absolute atomic E-state index is 0.00238. The zero-order valence-electron chi connectivity index (χ0n) is 20.9. The molecule has 7 heteroatoms. The number of carbonyl (C=O) groups excluding carboxylic acids is 1. The summed E-state index contributed by atoms with van der Waals surface area (Å²) in [5.74, 6) is 1.17. The molecule has 2 heterocycles. The van der Waals surface area contributed by atoms with Gasteiger partial charge in [0.25, 0.3) is 5.91 Å². The maximum Gasteiger partial charge on any atom is 0.255 e. The summed E-state index contributed by atoms with van der Waals surface area (Å²) in [6, 6.07) is 23.8. The molecule has 5 rings (SSSR count). The van der Waals surface area contributed by atoms with Gasteiger partial charge in [0.2, 0.25) is 5.90 Å². The average molecular weight is 563 g/mol. The molecule has 0 unspecified atom stereocenters. The van der Waals surface area contributed by atoms with Crippen LogP contribution in [0.5, 0.6) is 5.75 Å². The lowest BCUT2D eigenvalue weighted by Gasteiger charge is -2.33. The number of halogens is 1. The Morgan fingerprint density at radius 3 is 2.51 bits per heavy atom. The van der Waals surface area contributed by atoms with Crippen molar-refractivity contribution in [2.24, 2.45) is 4.99 Å². The molecule has 1 amide bonds. The van der Waals surface area contributed by atoms with Crippen LogP contribution in [0.25, 0.3) is 0 Å². The highest BCUT2D eigenvalue weighted by Crippen LogP contribution is 2.45. The number of carbonyl (C=O) groups is 1. The van der Waals surface area contributed by atoms with Crippen molar-refractivity contribution in [1.29, 1.82) is 0 Å². The Morgan fingerprint density at radius 2 is 1.81 bits per heavy atom. The lowest BCUT2D eigenvalue weighted by atomic mass is 9.82. The van der Waals surface area contributed by atoms with Gasteiger partial charge in [-0.3, -0.25) is 4.79 Å². The molecule has 0 radical (unpaired) electrons. The van der Waals surface area contributed by atoms with Gasteiger partial charge in [-0.1, -0.05) is 59.3 Å². The van der Waals surface area contributed by atoms with Crippen LogP contribution in [0, 0.1) is 0 Å². The largest absolute Gasteiger partial charge is 0.494 e. The van der Waals surface area contributed by atoms with Crippen molar-refractivity contribution in [2.45, 2.75) is 44.4 Å². The monoisotopic (exact) mass is 562 g/mol. The van der Waals surface area contributed by atoms with Gasteiger partial charge >= 0.3 is 0 Å². The number of hydrogen-bond donors (Lipinski definition) is 1. The molecule has 3 aromatic rings. The summed E-state index contributed by atoms with van der Waals surface area (Å²) >= 11 is 3.52. The Morgan fingerprint density at radius 1 is 1.08 bits per heavy atom. The average Bonchev–Trinajstić information content (AvgIpc) is 3.25. The molecule has 0 aromatic heterocycles. The summed E-state index contributed by atoms with van der Waals surface area (Å²) in [4.78, 5) is 21.4. The van der Waals surface area contributed by atoms with Gasteiger partial charge < -0.3 is 19.5 Å². The fourth-order valence-electron chi connectivity index (χ4n) is 5.08. The predicted octanol–water partition coefficient (Wildman–Crippen LogP) is 5.46. The van der Waals surface area contributed by atoms with Gasteiger partial charge in [0.1, 0.15) is 5.75 Å². The topological polar surface area (TPSA) is 71.4 Å². The molecule has 2 atom stereocenters. The van der Waals surface area contributed by atoms with E-state index in [1.165, 1.54) is 0 Å². The fraction of sp³-hybridized carbons (Fsp3) is 0.333. The molecule has 2 aliphatic rings. The Bertz CT molecular complexity index is 1280. The van der Waals surface area contributed by atoms with Crippen molar-refractivity contribution in [3.63, 3.8) is 0 Å². The van der Waals surface area contributed by atoms with Gasteiger partial charge in [-0.25, -0.2) is 4.99 Å². The second kappa shape index (κ2) is 11.1. The Hall–Kier alpha value is -3.16. The molecule has 3 aromatic carbocycles. The molecule has 1 spiro atoms. The summed E-state index contributed by atoms with van der Waals surface area (Å²) < 4.78 is 13.2. The van der Waals surface area contributed by atoms with Gasteiger partial charge in [-0.2, -0.15) is 0 Å². The van der Waals surface area contributed by atoms with Gasteiger partial charge in [0, 0.05) is 42.6 Å². The predicted molar refractivity (Wildman–Crippen MR) is 147 cm³/mol. The number of aliphatic hydroxyl groups is 1. The molecule has 6 nitrogen and oxygen atoms in total. The van der Waals surface area contributed by atoms with E-state index in [1.807, 2.05) is 65.6 Å². The second-order valence-electron chi connectivity index (χ2n) is 9.51. The Balaban J connectivity index is 1.58. The minimum Gasteiger partial charge on any atom is -0.494 e. The molecule has 1 N–H and O–H groups in total. The standard InChI is InChI=1S/C30H31BrN2O4/c1-2-16-33-20-24-7-4-3-6-23(24)19-30(29(33)35)27(21-8-12-25(31)13-9-21)37-28(32-30)22-10-14-26(15-11-22)36-18-5-17-34/h3-4,6-15,27,34H,2,5,16-20H2,1H3/t27-,30-/m1/s1. The van der Waals surface area contributed by atoms with E-state index in [4.69, 9.17) is 19.6 Å². The SMILES string of the molecule is CCCN1Cc2ccccc2C[C@]2(N=C(c3ccc(OCCCO)cc3)O[C@@H]2c2ccc(Br)cc2)C1=O. The Kier molecular flexibility index (Phi) is 7.63. The number of aliphatic hydroxyl groups excluding tert-OH is 1. The van der Waals surface area contributed by atoms with E-state index in [2.05, 4.69) is 35.0 Å². The number of amides is 1. The lowest BCUT2D eigenvalue weighted by molar-refractivity contribution is -0.140. The number of ether oxygens (including phenoxy) is 2. The van der Waals surface area contributed by atoms with Gasteiger partial charge in [-0.05, 0) is 59.5 Å². The van der Waals surface area contributed by atoms with E-state index in [0.29, 0.717) is 44.2 Å². The van der Waals surface area contributed by atoms with Crippen LogP contribution in [0.2, 0.25) is 0 Å². The van der Waals surface area contributed by atoms with Gasteiger partial charge in [0.15, 0.2) is 11.6 Å². The summed E-state index contributed by atoms with van der Waals surface area (Å²) in [6.45, 7) is 3.86. The highest BCUT2D eigenvalue weighted by atomic mass is 79.9. The minimum atomic E-state index is -1.11. The third-order valence-electron chi connectivity index (χ3n) is 6.90. The molecule has 0 saturated carbocycles. The van der Waals surface area contributed by atoms with Crippen molar-refractivity contribution < 1.29 is 19.4 Å². The van der Waals surface area contributed by atoms with Gasteiger partial charge in [-0.15, -0.1) is 0 Å². The quantitative estimate of drug-likeness (QED) is 0.370. The molecular weight excluding hydrogens is 532 g/mol. The molecule has 0 fully saturated rings. The number of rotatable bonds is 8. The number of hydrogen-bond acceptors (Lipinski definition) is 5. The van der Waals surface area contributed by atoms with Gasteiger partial charge in [0.05, 0.1) is 6.61 Å². The zero-order chi connectivity index (χ0) is 25.8. The summed E-state index contributed by atoms with van der Waals surface area (Å²) in [5.41, 5.74) is 2.87. The lowest BCUT2D eigenvalue weighted by Crippen LogP contribution is -2.50. The van der Waals surface area contributed by atoms with Crippen molar-refractivity contribution in [3.8, 4) is 5.75 Å². The highest BCUT2D eigenvalue weighted by molar-refractivity contribution is 9.10. The fourth-order valence-corrected chi connectivity index (χ4v) is 5.35. The van der Waals surface area contributed by atoms with E-state index in [1.54, 1.807) is 0 Å². The van der Waals surface area contributed by atoms with E-state index in [0.717, 1.165) is 33.1 Å². The van der Waals surface area contributed by atoms with E-state index in [9.17, 15) is 4.79 Å². The zero-order valence-corrected chi connectivity index (χ0v) is 22.5. The van der Waals surface area contributed by atoms with E-state index < -0.39 is 11.6 Å². The first-order valence-corrected chi connectivity index (χ1v) is 13.6. The first-order chi connectivity index (χ1) is 18.0. The third-order valence-corrected chi connectivity index (χ3v) is 7.43. The van der Waals surface area contributed by atoms with Crippen molar-refractivity contribution in [1.82, 2.24) is 4.90 Å². The van der Waals surface area contributed by atoms with E-state index >= 15 is 0 Å². The van der Waals surface area contributed by atoms with Crippen LogP contribution in [0.4, 0.5) is 0 Å². The van der Waals surface area contributed by atoms with E-state index in [-0.39, 0.29) is 12.5 Å². The Labute approximate surface area is 226 Å². The van der Waals surface area contributed by atoms with Crippen LogP contribution >= 0.6 is 15.9 Å². The second-order valence-corrected chi connectivity index (χ2v) is 10.4. The first kappa shape index (κ1) is 25.5. The smallest absolute Gasteiger partial charge is 0.255 e. The molecule has 0 aliphatic carbocycles. The van der Waals surface area contributed by atoms with Crippen LogP contribution in [0.3, 0.4) is 0 Å². The first-order valence-electron chi connectivity index (χ1n) is 12.8. The summed E-state index contributed by atoms with van der Waals surface area (Å²) in [6.07, 6.45) is 1.35. The summed E-state index contributed by atoms with van der Waals surface area (Å²) in [5, 5.41) is 9.00. The van der Waals surface area contributed by atoms with Crippen LogP contribution in [-0.4, -0.2) is 47.1 Å². The van der Waals surface area contributed by atoms with Crippen LogP contribution in [-0.2, 0) is 22.5 Å². The molecule has 2 aliphatic heterocycles. The normalized spacial score (nSPS) is 20.8. The number of fused-ring (bicyclic) bond motifs is 1. The van der Waals surface area contributed by atoms with Crippen molar-refractivity contribution in [3.05, 3.63) is 99.5 Å². The number of aliphatic imine (C=N–C) groups is 1. The molecule has 37 heavy (non-hydrogen) atoms. The third kappa shape index (κ3) is 5.15. The maximum absolute atomic E-state index is 14.3.